The summed E-state index contributed by atoms with van der Waals surface area (Å²) in [5.41, 5.74) is 1.61. The van der Waals surface area contributed by atoms with Crippen LogP contribution in [0.2, 0.25) is 0 Å². The molecule has 0 bridgehead atoms. The van der Waals surface area contributed by atoms with Crippen molar-refractivity contribution in [1.29, 1.82) is 0 Å². The lowest BCUT2D eigenvalue weighted by Crippen LogP contribution is -2.41. The molecule has 3 rings (SSSR count). The largest absolute Gasteiger partial charge is 0.494 e. The van der Waals surface area contributed by atoms with Gasteiger partial charge in [0.1, 0.15) is 5.75 Å². The molecule has 1 aromatic heterocycles. The first-order valence-corrected chi connectivity index (χ1v) is 6.38. The van der Waals surface area contributed by atoms with Crippen molar-refractivity contribution in [3.05, 3.63) is 24.1 Å². The van der Waals surface area contributed by atoms with Crippen molar-refractivity contribution in [3.8, 4) is 5.75 Å². The number of oxazole rings is 1. The molecule has 96 valence electrons. The van der Waals surface area contributed by atoms with E-state index in [2.05, 4.69) is 17.2 Å². The quantitative estimate of drug-likeness (QED) is 0.884. The van der Waals surface area contributed by atoms with Crippen molar-refractivity contribution >= 4 is 11.1 Å². The highest BCUT2D eigenvalue weighted by molar-refractivity contribution is 5.79. The van der Waals surface area contributed by atoms with Gasteiger partial charge in [-0.25, -0.2) is 4.98 Å². The number of aromatic nitrogens is 1. The Hall–Kier alpha value is -1.55. The Morgan fingerprint density at radius 2 is 2.33 bits per heavy atom. The number of nitrogens with zero attached hydrogens (tertiary/aromatic N) is 1. The number of benzene rings is 1. The predicted molar refractivity (Wildman–Crippen MR) is 70.0 cm³/mol. The van der Waals surface area contributed by atoms with E-state index < -0.39 is 0 Å². The zero-order valence-corrected chi connectivity index (χ0v) is 10.8. The fourth-order valence-electron chi connectivity index (χ4n) is 2.58. The Morgan fingerprint density at radius 1 is 1.44 bits per heavy atom. The maximum absolute atomic E-state index is 5.92. The van der Waals surface area contributed by atoms with Crippen molar-refractivity contribution < 1.29 is 9.15 Å². The highest BCUT2D eigenvalue weighted by Gasteiger charge is 2.34. The molecule has 1 unspecified atom stereocenters. The second kappa shape index (κ2) is 4.28. The van der Waals surface area contributed by atoms with Crippen LogP contribution in [0, 0.1) is 0 Å². The highest BCUT2D eigenvalue weighted by atomic mass is 16.5. The van der Waals surface area contributed by atoms with Crippen LogP contribution >= 0.6 is 0 Å². The molecule has 1 aromatic carbocycles. The Balaban J connectivity index is 2.07. The molecule has 2 aromatic rings. The Morgan fingerprint density at radius 3 is 3.06 bits per heavy atom. The number of hydrogen-bond donors (Lipinski definition) is 1. The zero-order chi connectivity index (χ0) is 12.6. The third-order valence-corrected chi connectivity index (χ3v) is 3.72. The van der Waals surface area contributed by atoms with Gasteiger partial charge in [0.15, 0.2) is 11.1 Å². The standard InChI is InChI=1S/C14H18N2O2/c1-14(7-4-8-15-9-14)13-16-12-10(17-2)5-3-6-11(12)18-13/h3,5-6,15H,4,7-9H2,1-2H3. The second-order valence-corrected chi connectivity index (χ2v) is 5.17. The van der Waals surface area contributed by atoms with E-state index in [1.54, 1.807) is 7.11 Å². The molecule has 1 saturated heterocycles. The van der Waals surface area contributed by atoms with Gasteiger partial charge in [0.25, 0.3) is 0 Å². The fraction of sp³-hybridized carbons (Fsp3) is 0.500. The van der Waals surface area contributed by atoms with Crippen LogP contribution in [-0.2, 0) is 5.41 Å². The van der Waals surface area contributed by atoms with Gasteiger partial charge in [0.2, 0.25) is 5.89 Å². The molecule has 1 aliphatic rings. The zero-order valence-electron chi connectivity index (χ0n) is 10.8. The van der Waals surface area contributed by atoms with Crippen LogP contribution in [0.5, 0.6) is 5.75 Å². The minimum atomic E-state index is -0.0116. The molecule has 1 aliphatic heterocycles. The lowest BCUT2D eigenvalue weighted by atomic mass is 9.83. The summed E-state index contributed by atoms with van der Waals surface area (Å²) in [6.45, 7) is 4.21. The molecule has 0 aliphatic carbocycles. The maximum Gasteiger partial charge on any atom is 0.202 e. The van der Waals surface area contributed by atoms with Crippen LogP contribution in [-0.4, -0.2) is 25.2 Å². The number of para-hydroxylation sites is 1. The van der Waals surface area contributed by atoms with Crippen LogP contribution in [0.15, 0.2) is 22.6 Å². The molecule has 1 N–H and O–H groups in total. The van der Waals surface area contributed by atoms with Crippen molar-refractivity contribution in [3.63, 3.8) is 0 Å². The van der Waals surface area contributed by atoms with Crippen LogP contribution < -0.4 is 10.1 Å². The Bertz CT molecular complexity index is 556. The van der Waals surface area contributed by atoms with Gasteiger partial charge in [-0.3, -0.25) is 0 Å². The summed E-state index contributed by atoms with van der Waals surface area (Å²) in [6.07, 6.45) is 2.27. The van der Waals surface area contributed by atoms with Gasteiger partial charge in [-0.2, -0.15) is 0 Å². The molecule has 4 heteroatoms. The van der Waals surface area contributed by atoms with Gasteiger partial charge in [-0.1, -0.05) is 6.07 Å². The summed E-state index contributed by atoms with van der Waals surface area (Å²) >= 11 is 0. The normalized spacial score (nSPS) is 24.3. The number of methoxy groups -OCH3 is 1. The summed E-state index contributed by atoms with van der Waals surface area (Å²) in [5.74, 6) is 1.59. The number of fused-ring (bicyclic) bond motifs is 1. The van der Waals surface area contributed by atoms with Crippen molar-refractivity contribution in [1.82, 2.24) is 10.3 Å². The highest BCUT2D eigenvalue weighted by Crippen LogP contribution is 2.34. The minimum absolute atomic E-state index is 0.0116. The molecule has 18 heavy (non-hydrogen) atoms. The van der Waals surface area contributed by atoms with Crippen LogP contribution in [0.1, 0.15) is 25.7 Å². The summed E-state index contributed by atoms with van der Waals surface area (Å²) in [6, 6.07) is 5.78. The molecule has 0 spiro atoms. The first-order chi connectivity index (χ1) is 8.73. The Labute approximate surface area is 106 Å². The van der Waals surface area contributed by atoms with Gasteiger partial charge in [0.05, 0.1) is 12.5 Å². The first kappa shape index (κ1) is 11.5. The summed E-state index contributed by atoms with van der Waals surface area (Å²) in [5, 5.41) is 3.42. The number of rotatable bonds is 2. The molecule has 4 nitrogen and oxygen atoms in total. The Kier molecular flexibility index (Phi) is 2.74. The smallest absolute Gasteiger partial charge is 0.202 e. The maximum atomic E-state index is 5.92. The summed E-state index contributed by atoms with van der Waals surface area (Å²) < 4.78 is 11.2. The molecular weight excluding hydrogens is 228 g/mol. The van der Waals surface area contributed by atoms with Crippen molar-refractivity contribution in [2.24, 2.45) is 0 Å². The average Bonchev–Trinajstić information content (AvgIpc) is 2.84. The van der Waals surface area contributed by atoms with E-state index in [-0.39, 0.29) is 5.41 Å². The average molecular weight is 246 g/mol. The van der Waals surface area contributed by atoms with Crippen LogP contribution in [0.3, 0.4) is 0 Å². The van der Waals surface area contributed by atoms with Crippen LogP contribution in [0.25, 0.3) is 11.1 Å². The van der Waals surface area contributed by atoms with E-state index in [0.29, 0.717) is 0 Å². The monoisotopic (exact) mass is 246 g/mol. The van der Waals surface area contributed by atoms with Crippen LogP contribution in [0.4, 0.5) is 0 Å². The lowest BCUT2D eigenvalue weighted by molar-refractivity contribution is 0.279. The molecule has 0 amide bonds. The van der Waals surface area contributed by atoms with Gasteiger partial charge in [-0.05, 0) is 38.4 Å². The number of nitrogens with one attached hydrogen (secondary N) is 1. The van der Waals surface area contributed by atoms with E-state index in [9.17, 15) is 0 Å². The van der Waals surface area contributed by atoms with E-state index in [1.807, 2.05) is 18.2 Å². The van der Waals surface area contributed by atoms with Gasteiger partial charge in [0, 0.05) is 6.54 Å². The summed E-state index contributed by atoms with van der Waals surface area (Å²) in [7, 11) is 1.66. The SMILES string of the molecule is COc1cccc2oc(C3(C)CCCNC3)nc12. The third-order valence-electron chi connectivity index (χ3n) is 3.72. The molecule has 0 saturated carbocycles. The topological polar surface area (TPSA) is 47.3 Å². The molecule has 0 radical (unpaired) electrons. The molecule has 1 atom stereocenters. The predicted octanol–water partition coefficient (Wildman–Crippen LogP) is 2.48. The van der Waals surface area contributed by atoms with E-state index in [1.165, 1.54) is 0 Å². The molecule has 2 heterocycles. The van der Waals surface area contributed by atoms with Gasteiger partial charge >= 0.3 is 0 Å². The van der Waals surface area contributed by atoms with E-state index in [4.69, 9.17) is 9.15 Å². The lowest BCUT2D eigenvalue weighted by Gasteiger charge is -2.30. The van der Waals surface area contributed by atoms with E-state index >= 15 is 0 Å². The number of piperidine rings is 1. The number of ether oxygens (including phenoxy) is 1. The van der Waals surface area contributed by atoms with E-state index in [0.717, 1.165) is 48.7 Å². The van der Waals surface area contributed by atoms with Crippen molar-refractivity contribution in [2.45, 2.75) is 25.2 Å². The minimum Gasteiger partial charge on any atom is -0.494 e. The van der Waals surface area contributed by atoms with Crippen molar-refractivity contribution in [2.75, 3.05) is 20.2 Å². The third kappa shape index (κ3) is 1.77. The molecule has 1 fully saturated rings. The molecular formula is C14H18N2O2. The summed E-state index contributed by atoms with van der Waals surface area (Å²) in [4.78, 5) is 4.65. The second-order valence-electron chi connectivity index (χ2n) is 5.17. The number of hydrogen-bond acceptors (Lipinski definition) is 4. The van der Waals surface area contributed by atoms with Gasteiger partial charge < -0.3 is 14.5 Å². The van der Waals surface area contributed by atoms with Gasteiger partial charge in [-0.15, -0.1) is 0 Å². The first-order valence-electron chi connectivity index (χ1n) is 6.38. The fourth-order valence-corrected chi connectivity index (χ4v) is 2.58.